The molecule has 2 amide bonds. The van der Waals surface area contributed by atoms with Crippen LogP contribution in [0.1, 0.15) is 23.2 Å². The summed E-state index contributed by atoms with van der Waals surface area (Å²) in [4.78, 5) is 15.8. The standard InChI is InChI=1S/C25H28F3N3O2S/c1-33-15-5-14-31(24(32)29-21-9-11-23(34-2)12-10-21)18-22-8-4-13-30(22)17-19-6-3-7-20(16-19)25(26,27)28/h3-4,6-13,16H,5,14-15,17-18H2,1-2H3,(H,29,32). The largest absolute Gasteiger partial charge is 0.416 e. The molecule has 0 saturated heterocycles. The summed E-state index contributed by atoms with van der Waals surface area (Å²) in [6.07, 6.45) is 0.0606. The van der Waals surface area contributed by atoms with Gasteiger partial charge < -0.3 is 19.5 Å². The van der Waals surface area contributed by atoms with Gasteiger partial charge in [0.1, 0.15) is 0 Å². The van der Waals surface area contributed by atoms with Crippen molar-refractivity contribution < 1.29 is 22.7 Å². The molecule has 5 nitrogen and oxygen atoms in total. The van der Waals surface area contributed by atoms with Crippen LogP contribution in [-0.2, 0) is 24.0 Å². The number of thioether (sulfide) groups is 1. The molecule has 0 aliphatic rings. The normalized spacial score (nSPS) is 11.4. The van der Waals surface area contributed by atoms with E-state index in [0.29, 0.717) is 37.4 Å². The smallest absolute Gasteiger partial charge is 0.385 e. The van der Waals surface area contributed by atoms with Crippen LogP contribution in [0.15, 0.2) is 71.8 Å². The number of methoxy groups -OCH3 is 1. The first kappa shape index (κ1) is 25.7. The molecule has 0 unspecified atom stereocenters. The zero-order chi connectivity index (χ0) is 24.6. The summed E-state index contributed by atoms with van der Waals surface area (Å²) in [7, 11) is 1.61. The average molecular weight is 492 g/mol. The third kappa shape index (κ3) is 7.30. The van der Waals surface area contributed by atoms with E-state index >= 15 is 0 Å². The lowest BCUT2D eigenvalue weighted by Crippen LogP contribution is -2.36. The second-order valence-corrected chi connectivity index (χ2v) is 8.63. The highest BCUT2D eigenvalue weighted by Crippen LogP contribution is 2.29. The quantitative estimate of drug-likeness (QED) is 0.266. The predicted molar refractivity (Wildman–Crippen MR) is 129 cm³/mol. The van der Waals surface area contributed by atoms with Crippen LogP contribution in [0.3, 0.4) is 0 Å². The van der Waals surface area contributed by atoms with Crippen molar-refractivity contribution in [3.8, 4) is 0 Å². The number of urea groups is 1. The van der Waals surface area contributed by atoms with Gasteiger partial charge in [0.25, 0.3) is 0 Å². The Morgan fingerprint density at radius 3 is 2.56 bits per heavy atom. The molecule has 3 rings (SSSR count). The van der Waals surface area contributed by atoms with Crippen molar-refractivity contribution in [2.24, 2.45) is 0 Å². The average Bonchev–Trinajstić information content (AvgIpc) is 3.25. The molecule has 1 N–H and O–H groups in total. The molecule has 0 bridgehead atoms. The fraction of sp³-hybridized carbons (Fsp3) is 0.320. The molecule has 0 saturated carbocycles. The number of hydrogen-bond donors (Lipinski definition) is 1. The minimum Gasteiger partial charge on any atom is -0.385 e. The summed E-state index contributed by atoms with van der Waals surface area (Å²) < 4.78 is 46.3. The molecular formula is C25H28F3N3O2S. The van der Waals surface area contributed by atoms with Gasteiger partial charge in [0.15, 0.2) is 0 Å². The van der Waals surface area contributed by atoms with Crippen molar-refractivity contribution in [1.82, 2.24) is 9.47 Å². The van der Waals surface area contributed by atoms with Crippen LogP contribution in [0, 0.1) is 0 Å². The number of ether oxygens (including phenoxy) is 1. The molecule has 2 aromatic carbocycles. The fourth-order valence-corrected chi connectivity index (χ4v) is 3.92. The molecule has 0 radical (unpaired) electrons. The number of aromatic nitrogens is 1. The lowest BCUT2D eigenvalue weighted by atomic mass is 10.1. The minimum absolute atomic E-state index is 0.250. The minimum atomic E-state index is -4.39. The van der Waals surface area contributed by atoms with Crippen molar-refractivity contribution in [1.29, 1.82) is 0 Å². The van der Waals surface area contributed by atoms with Crippen LogP contribution in [0.5, 0.6) is 0 Å². The van der Waals surface area contributed by atoms with Gasteiger partial charge in [0.05, 0.1) is 12.1 Å². The summed E-state index contributed by atoms with van der Waals surface area (Å²) >= 11 is 1.62. The number of carbonyl (C=O) groups is 1. The molecule has 0 aliphatic carbocycles. The SMILES string of the molecule is COCCCN(Cc1cccn1Cc1cccc(C(F)(F)F)c1)C(=O)Nc1ccc(SC)cc1. The third-order valence-electron chi connectivity index (χ3n) is 5.29. The van der Waals surface area contributed by atoms with Crippen molar-refractivity contribution in [3.05, 3.63) is 83.7 Å². The number of nitrogens with zero attached hydrogens (tertiary/aromatic N) is 2. The van der Waals surface area contributed by atoms with Crippen LogP contribution in [0.2, 0.25) is 0 Å². The molecular weight excluding hydrogens is 463 g/mol. The van der Waals surface area contributed by atoms with Crippen molar-refractivity contribution in [2.45, 2.75) is 30.6 Å². The number of carbonyl (C=O) groups excluding carboxylic acids is 1. The maximum Gasteiger partial charge on any atom is 0.416 e. The van der Waals surface area contributed by atoms with Crippen molar-refractivity contribution >= 4 is 23.5 Å². The number of halogens is 3. The monoisotopic (exact) mass is 491 g/mol. The molecule has 0 fully saturated rings. The van der Waals surface area contributed by atoms with E-state index in [1.54, 1.807) is 29.8 Å². The first-order valence-corrected chi connectivity index (χ1v) is 12.0. The van der Waals surface area contributed by atoms with E-state index in [-0.39, 0.29) is 12.6 Å². The highest BCUT2D eigenvalue weighted by molar-refractivity contribution is 7.98. The number of anilines is 1. The number of alkyl halides is 3. The first-order chi connectivity index (χ1) is 16.3. The summed E-state index contributed by atoms with van der Waals surface area (Å²) in [5.41, 5.74) is 1.38. The molecule has 1 heterocycles. The molecule has 34 heavy (non-hydrogen) atoms. The second kappa shape index (κ2) is 12.0. The van der Waals surface area contributed by atoms with Gasteiger partial charge in [-0.1, -0.05) is 12.1 Å². The van der Waals surface area contributed by atoms with Crippen LogP contribution < -0.4 is 5.32 Å². The van der Waals surface area contributed by atoms with Crippen LogP contribution in [0.4, 0.5) is 23.7 Å². The topological polar surface area (TPSA) is 46.5 Å². The van der Waals surface area contributed by atoms with Gasteiger partial charge in [0, 0.05) is 49.3 Å². The first-order valence-electron chi connectivity index (χ1n) is 10.8. The van der Waals surface area contributed by atoms with Gasteiger partial charge in [-0.2, -0.15) is 13.2 Å². The van der Waals surface area contributed by atoms with Gasteiger partial charge in [-0.15, -0.1) is 11.8 Å². The maximum atomic E-state index is 13.1. The summed E-state index contributed by atoms with van der Waals surface area (Å²) in [6.45, 7) is 1.56. The fourth-order valence-electron chi connectivity index (χ4n) is 3.51. The summed E-state index contributed by atoms with van der Waals surface area (Å²) in [5.74, 6) is 0. The van der Waals surface area contributed by atoms with Crippen LogP contribution >= 0.6 is 11.8 Å². The number of rotatable bonds is 10. The number of amides is 2. The Morgan fingerprint density at radius 1 is 1.12 bits per heavy atom. The van der Waals surface area contributed by atoms with Crippen LogP contribution in [-0.4, -0.2) is 42.0 Å². The van der Waals surface area contributed by atoms with Gasteiger partial charge in [-0.25, -0.2) is 4.79 Å². The maximum absolute atomic E-state index is 13.1. The van der Waals surface area contributed by atoms with Gasteiger partial charge >= 0.3 is 12.2 Å². The molecule has 9 heteroatoms. The van der Waals surface area contributed by atoms with Crippen molar-refractivity contribution in [2.75, 3.05) is 31.8 Å². The van der Waals surface area contributed by atoms with E-state index in [0.717, 1.165) is 22.7 Å². The molecule has 0 aliphatic heterocycles. The predicted octanol–water partition coefficient (Wildman–Crippen LogP) is 6.35. The van der Waals surface area contributed by atoms with E-state index in [9.17, 15) is 18.0 Å². The Balaban J connectivity index is 1.74. The number of benzene rings is 2. The van der Waals surface area contributed by atoms with E-state index in [1.807, 2.05) is 53.4 Å². The van der Waals surface area contributed by atoms with E-state index in [4.69, 9.17) is 4.74 Å². The van der Waals surface area contributed by atoms with Gasteiger partial charge in [0.2, 0.25) is 0 Å². The highest BCUT2D eigenvalue weighted by Gasteiger charge is 2.30. The molecule has 0 atom stereocenters. The number of nitrogens with one attached hydrogen (secondary N) is 1. The zero-order valence-corrected chi connectivity index (χ0v) is 20.0. The van der Waals surface area contributed by atoms with Gasteiger partial charge in [-0.3, -0.25) is 0 Å². The van der Waals surface area contributed by atoms with E-state index in [1.165, 1.54) is 6.07 Å². The molecule has 3 aromatic rings. The summed E-state index contributed by atoms with van der Waals surface area (Å²) in [6, 6.07) is 16.3. The molecule has 182 valence electrons. The molecule has 1 aromatic heterocycles. The lowest BCUT2D eigenvalue weighted by molar-refractivity contribution is -0.137. The second-order valence-electron chi connectivity index (χ2n) is 7.75. The van der Waals surface area contributed by atoms with Crippen LogP contribution in [0.25, 0.3) is 0 Å². The van der Waals surface area contributed by atoms with Gasteiger partial charge in [-0.05, 0) is 66.8 Å². The Hall–Kier alpha value is -2.91. The highest BCUT2D eigenvalue weighted by atomic mass is 32.2. The Kier molecular flexibility index (Phi) is 9.06. The third-order valence-corrected chi connectivity index (χ3v) is 6.03. The molecule has 0 spiro atoms. The Labute approximate surface area is 201 Å². The zero-order valence-electron chi connectivity index (χ0n) is 19.1. The lowest BCUT2D eigenvalue weighted by Gasteiger charge is -2.24. The van der Waals surface area contributed by atoms with E-state index < -0.39 is 11.7 Å². The Bertz CT molecular complexity index is 1070. The Morgan fingerprint density at radius 2 is 1.88 bits per heavy atom. The number of hydrogen-bond acceptors (Lipinski definition) is 3. The summed E-state index contributed by atoms with van der Waals surface area (Å²) in [5, 5.41) is 2.93. The van der Waals surface area contributed by atoms with Crippen molar-refractivity contribution in [3.63, 3.8) is 0 Å². The van der Waals surface area contributed by atoms with E-state index in [2.05, 4.69) is 5.32 Å².